The minimum absolute atomic E-state index is 0.826. The van der Waals surface area contributed by atoms with Gasteiger partial charge in [-0.2, -0.15) is 12.1 Å². The van der Waals surface area contributed by atoms with Gasteiger partial charge in [0.15, 0.2) is 0 Å². The van der Waals surface area contributed by atoms with Crippen LogP contribution in [0.4, 0.5) is 0 Å². The van der Waals surface area contributed by atoms with Crippen LogP contribution < -0.4 is 0 Å². The molecule has 0 aliphatic rings. The first-order valence-electron chi connectivity index (χ1n) is 17.6. The van der Waals surface area contributed by atoms with E-state index in [1.807, 2.05) is 0 Å². The predicted molar refractivity (Wildman–Crippen MR) is 215 cm³/mol. The predicted octanol–water partition coefficient (Wildman–Crippen LogP) is 15.1. The summed E-state index contributed by atoms with van der Waals surface area (Å²) in [6.45, 7) is 8.86. The van der Waals surface area contributed by atoms with Crippen molar-refractivity contribution >= 4 is 48.1 Å². The molecule has 0 amide bonds. The van der Waals surface area contributed by atoms with Gasteiger partial charge < -0.3 is 0 Å². The van der Waals surface area contributed by atoms with Gasteiger partial charge in [-0.1, -0.05) is 175 Å². The van der Waals surface area contributed by atoms with Crippen molar-refractivity contribution in [2.75, 3.05) is 0 Å². The fraction of sp³-hybridized carbons (Fsp3) is 0.318. The molecule has 6 aromatic carbocycles. The Kier molecular flexibility index (Phi) is 20.1. The van der Waals surface area contributed by atoms with Crippen LogP contribution in [-0.2, 0) is 20.8 Å². The van der Waals surface area contributed by atoms with Crippen LogP contribution in [0.3, 0.4) is 0 Å². The molecule has 0 fully saturated rings. The molecular formula is C44H52Cl2SiZr. The van der Waals surface area contributed by atoms with Gasteiger partial charge in [-0.15, -0.1) is 69.1 Å². The van der Waals surface area contributed by atoms with E-state index in [0.29, 0.717) is 0 Å². The minimum atomic E-state index is -0.826. The van der Waals surface area contributed by atoms with Gasteiger partial charge in [-0.25, -0.2) is 0 Å². The third kappa shape index (κ3) is 14.0. The number of aryl methyl sites for hydroxylation is 2. The van der Waals surface area contributed by atoms with Crippen molar-refractivity contribution in [1.82, 2.24) is 0 Å². The second-order valence-corrected chi connectivity index (χ2v) is 17.6. The van der Waals surface area contributed by atoms with Gasteiger partial charge >= 0.3 is 37.9 Å². The molecule has 0 aromatic heterocycles. The van der Waals surface area contributed by atoms with Crippen molar-refractivity contribution in [3.63, 3.8) is 0 Å². The van der Waals surface area contributed by atoms with E-state index < -0.39 is 20.8 Å². The molecule has 0 aliphatic heterocycles. The van der Waals surface area contributed by atoms with Crippen LogP contribution in [0.15, 0.2) is 121 Å². The summed E-state index contributed by atoms with van der Waals surface area (Å²) in [5.74, 6) is 0. The monoisotopic (exact) mass is 768 g/mol. The zero-order valence-electron chi connectivity index (χ0n) is 29.4. The molecule has 0 spiro atoms. The number of hydrogen-bond acceptors (Lipinski definition) is 0. The first kappa shape index (κ1) is 40.2. The molecule has 6 rings (SSSR count). The molecule has 0 unspecified atom stereocenters. The van der Waals surface area contributed by atoms with E-state index in [-0.39, 0.29) is 0 Å². The third-order valence-corrected chi connectivity index (χ3v) is 9.79. The first-order valence-corrected chi connectivity index (χ1v) is 25.4. The van der Waals surface area contributed by atoms with E-state index in [1.165, 1.54) is 128 Å². The number of halogens is 2. The van der Waals surface area contributed by atoms with Crippen LogP contribution in [0.1, 0.15) is 76.3 Å². The van der Waals surface area contributed by atoms with Crippen molar-refractivity contribution in [3.8, 4) is 22.3 Å². The molecule has 0 nitrogen and oxygen atoms in total. The summed E-state index contributed by atoms with van der Waals surface area (Å²) in [5.41, 5.74) is 7.89. The van der Waals surface area contributed by atoms with Crippen molar-refractivity contribution in [2.45, 2.75) is 91.1 Å². The fourth-order valence-corrected chi connectivity index (χ4v) is 7.24. The van der Waals surface area contributed by atoms with Crippen LogP contribution in [-0.4, -0.2) is 9.52 Å². The van der Waals surface area contributed by atoms with Crippen molar-refractivity contribution in [2.24, 2.45) is 0 Å². The quantitative estimate of drug-likeness (QED) is 0.0660. The van der Waals surface area contributed by atoms with E-state index >= 15 is 0 Å². The molecule has 48 heavy (non-hydrogen) atoms. The molecule has 6 aromatic rings. The zero-order chi connectivity index (χ0) is 34.4. The van der Waals surface area contributed by atoms with E-state index in [9.17, 15) is 0 Å². The van der Waals surface area contributed by atoms with Gasteiger partial charge in [0, 0.05) is 9.52 Å². The van der Waals surface area contributed by atoms with E-state index in [0.717, 1.165) is 0 Å². The molecule has 4 heteroatoms. The Hall–Kier alpha value is -2.22. The molecule has 0 N–H and O–H groups in total. The normalized spacial score (nSPS) is 10.3. The average Bonchev–Trinajstić information content (AvgIpc) is 3.70. The Labute approximate surface area is 312 Å². The summed E-state index contributed by atoms with van der Waals surface area (Å²) in [5, 5.41) is 5.37. The summed E-state index contributed by atoms with van der Waals surface area (Å²) in [6, 6.07) is 46.1. The summed E-state index contributed by atoms with van der Waals surface area (Å²) < 4.78 is 0. The topological polar surface area (TPSA) is 0 Å². The van der Waals surface area contributed by atoms with E-state index in [2.05, 4.69) is 149 Å². The fourth-order valence-electron chi connectivity index (χ4n) is 5.99. The van der Waals surface area contributed by atoms with Gasteiger partial charge in [-0.05, 0) is 11.1 Å². The van der Waals surface area contributed by atoms with Crippen molar-refractivity contribution < 1.29 is 20.8 Å². The SMILES string of the molecule is CCCCCC[Si]CCCCCC.Cc1cc2c(-c3ccccc3)cccc2[cH-]1.Cc1cc2c(-c3ccccc3)cccc2[cH-]1.[Cl][Zr+2][Cl]. The first-order chi connectivity index (χ1) is 23.5. The Morgan fingerprint density at radius 1 is 0.521 bits per heavy atom. The molecule has 0 atom stereocenters. The molecule has 0 aliphatic carbocycles. The summed E-state index contributed by atoms with van der Waals surface area (Å²) in [6.07, 6.45) is 11.6. The van der Waals surface area contributed by atoms with Crippen LogP contribution in [0.2, 0.25) is 12.1 Å². The zero-order valence-corrected chi connectivity index (χ0v) is 34.3. The number of benzene rings is 4. The summed E-state index contributed by atoms with van der Waals surface area (Å²) in [7, 11) is 11.1. The standard InChI is InChI=1S/2C16H13.C12H26Si.2ClH.Zr/c2*1-12-10-14-8-5-9-15(16(14)11-12)13-6-3-2-4-7-13;1-3-5-7-9-11-13-12-10-8-6-4-2;;;/h2*2-11H,1H3;3-12H2,1-2H3;2*1H;/q2*-1;;;;+4/p-2. The van der Waals surface area contributed by atoms with Gasteiger partial charge in [0.2, 0.25) is 0 Å². The Balaban J connectivity index is 0.000000189. The Bertz CT molecular complexity index is 1560. The third-order valence-electron chi connectivity index (χ3n) is 8.37. The second-order valence-electron chi connectivity index (χ2n) is 12.4. The molecule has 0 heterocycles. The number of unbranched alkanes of at least 4 members (excludes halogenated alkanes) is 6. The molecule has 2 radical (unpaired) electrons. The van der Waals surface area contributed by atoms with Crippen LogP contribution >= 0.6 is 17.0 Å². The molecular weight excluding hydrogens is 719 g/mol. The average molecular weight is 771 g/mol. The van der Waals surface area contributed by atoms with E-state index in [4.69, 9.17) is 17.0 Å². The summed E-state index contributed by atoms with van der Waals surface area (Å²) >= 11 is -0.826. The van der Waals surface area contributed by atoms with Crippen molar-refractivity contribution in [1.29, 1.82) is 0 Å². The summed E-state index contributed by atoms with van der Waals surface area (Å²) in [4.78, 5) is 0. The van der Waals surface area contributed by atoms with Gasteiger partial charge in [-0.3, -0.25) is 0 Å². The number of hydrogen-bond donors (Lipinski definition) is 0. The van der Waals surface area contributed by atoms with Crippen LogP contribution in [0.25, 0.3) is 43.8 Å². The van der Waals surface area contributed by atoms with E-state index in [1.54, 1.807) is 0 Å². The number of rotatable bonds is 12. The van der Waals surface area contributed by atoms with Crippen LogP contribution in [0.5, 0.6) is 0 Å². The second kappa shape index (κ2) is 24.0. The molecule has 250 valence electrons. The number of fused-ring (bicyclic) bond motifs is 2. The maximum atomic E-state index is 4.93. The molecule has 0 saturated heterocycles. The molecule has 0 saturated carbocycles. The maximum absolute atomic E-state index is 4.93. The van der Waals surface area contributed by atoms with Gasteiger partial charge in [0.25, 0.3) is 0 Å². The molecule has 0 bridgehead atoms. The van der Waals surface area contributed by atoms with Crippen molar-refractivity contribution in [3.05, 3.63) is 132 Å². The Morgan fingerprint density at radius 3 is 1.29 bits per heavy atom. The van der Waals surface area contributed by atoms with Gasteiger partial charge in [0.05, 0.1) is 0 Å². The Morgan fingerprint density at radius 2 is 0.917 bits per heavy atom. The van der Waals surface area contributed by atoms with Crippen LogP contribution in [0, 0.1) is 13.8 Å². The van der Waals surface area contributed by atoms with Gasteiger partial charge in [0.1, 0.15) is 0 Å².